The minimum atomic E-state index is -0.648. The van der Waals surface area contributed by atoms with Crippen molar-refractivity contribution in [1.29, 1.82) is 0 Å². The fourth-order valence-corrected chi connectivity index (χ4v) is 6.80. The second kappa shape index (κ2) is 9.35. The van der Waals surface area contributed by atoms with E-state index in [4.69, 9.17) is 9.47 Å². The predicted molar refractivity (Wildman–Crippen MR) is 134 cm³/mol. The molecular formula is C29H37NO4. The van der Waals surface area contributed by atoms with Crippen molar-refractivity contribution in [1.82, 2.24) is 4.90 Å². The summed E-state index contributed by atoms with van der Waals surface area (Å²) in [5.74, 6) is 1.30. The Morgan fingerprint density at radius 2 is 2.06 bits per heavy atom. The van der Waals surface area contributed by atoms with Crippen LogP contribution < -0.4 is 4.74 Å². The SMILES string of the molecule is C=C1CCC[C@]2(C)C[C@H]3OC(=O)[C@@H](CN(C)C[C@H](O)COc4cccc5ccccc45)[C@H]3C[C@H]12. The van der Waals surface area contributed by atoms with E-state index in [1.54, 1.807) is 0 Å². The van der Waals surface area contributed by atoms with Crippen LogP contribution in [-0.2, 0) is 9.53 Å². The number of fused-ring (bicyclic) bond motifs is 3. The van der Waals surface area contributed by atoms with E-state index < -0.39 is 6.10 Å². The molecule has 0 radical (unpaired) electrons. The number of aliphatic hydroxyl groups excluding tert-OH is 1. The van der Waals surface area contributed by atoms with E-state index in [2.05, 4.69) is 30.5 Å². The average Bonchev–Trinajstić information content (AvgIpc) is 3.09. The highest BCUT2D eigenvalue weighted by Gasteiger charge is 2.55. The van der Waals surface area contributed by atoms with Gasteiger partial charge in [0.1, 0.15) is 24.6 Å². The molecule has 0 spiro atoms. The Kier molecular flexibility index (Phi) is 6.43. The number of carbonyl (C=O) groups is 1. The molecule has 1 aliphatic heterocycles. The number of hydrogen-bond acceptors (Lipinski definition) is 5. The zero-order valence-electron chi connectivity index (χ0n) is 20.4. The van der Waals surface area contributed by atoms with Gasteiger partial charge in [-0.05, 0) is 61.9 Å². The number of hydrogen-bond donors (Lipinski definition) is 1. The lowest BCUT2D eigenvalue weighted by atomic mass is 9.55. The van der Waals surface area contributed by atoms with Crippen molar-refractivity contribution in [2.75, 3.05) is 26.7 Å². The molecule has 3 aliphatic rings. The summed E-state index contributed by atoms with van der Waals surface area (Å²) in [6.45, 7) is 7.99. The summed E-state index contributed by atoms with van der Waals surface area (Å²) in [6.07, 6.45) is 4.83. The number of benzene rings is 2. The Balaban J connectivity index is 1.17. The second-order valence-electron chi connectivity index (χ2n) is 11.1. The first-order valence-corrected chi connectivity index (χ1v) is 12.7. The molecule has 3 fully saturated rings. The van der Waals surface area contributed by atoms with Crippen LogP contribution in [0.25, 0.3) is 10.8 Å². The fraction of sp³-hybridized carbons (Fsp3) is 0.552. The number of likely N-dealkylation sites (N-methyl/N-ethyl adjacent to an activating group) is 1. The molecule has 6 atom stereocenters. The van der Waals surface area contributed by atoms with Gasteiger partial charge in [0.15, 0.2) is 0 Å². The number of esters is 1. The molecule has 1 heterocycles. The molecule has 0 unspecified atom stereocenters. The van der Waals surface area contributed by atoms with Gasteiger partial charge in [0.25, 0.3) is 0 Å². The van der Waals surface area contributed by atoms with Gasteiger partial charge in [-0.1, -0.05) is 55.5 Å². The van der Waals surface area contributed by atoms with Gasteiger partial charge < -0.3 is 19.5 Å². The smallest absolute Gasteiger partial charge is 0.310 e. The molecule has 5 heteroatoms. The van der Waals surface area contributed by atoms with Crippen molar-refractivity contribution < 1.29 is 19.4 Å². The van der Waals surface area contributed by atoms with Gasteiger partial charge in [0.05, 0.1) is 5.92 Å². The molecule has 0 amide bonds. The maximum atomic E-state index is 12.8. The molecule has 2 saturated carbocycles. The summed E-state index contributed by atoms with van der Waals surface area (Å²) in [5.41, 5.74) is 1.58. The minimum absolute atomic E-state index is 0.0256. The summed E-state index contributed by atoms with van der Waals surface area (Å²) >= 11 is 0. The number of nitrogens with zero attached hydrogens (tertiary/aromatic N) is 1. The highest BCUT2D eigenvalue weighted by Crippen LogP contribution is 2.56. The molecule has 2 aromatic carbocycles. The molecule has 1 N–H and O–H groups in total. The molecule has 0 bridgehead atoms. The molecule has 5 nitrogen and oxygen atoms in total. The van der Waals surface area contributed by atoms with E-state index in [-0.39, 0.29) is 35.9 Å². The van der Waals surface area contributed by atoms with Crippen LogP contribution in [0.4, 0.5) is 0 Å². The van der Waals surface area contributed by atoms with E-state index in [1.165, 1.54) is 18.4 Å². The van der Waals surface area contributed by atoms with Gasteiger partial charge in [0.2, 0.25) is 0 Å². The van der Waals surface area contributed by atoms with Crippen molar-refractivity contribution in [3.05, 3.63) is 54.6 Å². The second-order valence-corrected chi connectivity index (χ2v) is 11.1. The normalized spacial score (nSPS) is 31.8. The summed E-state index contributed by atoms with van der Waals surface area (Å²) in [7, 11) is 1.97. The Morgan fingerprint density at radius 3 is 2.91 bits per heavy atom. The van der Waals surface area contributed by atoms with Crippen LogP contribution in [0.1, 0.15) is 39.0 Å². The van der Waals surface area contributed by atoms with Crippen LogP contribution in [-0.4, -0.2) is 54.9 Å². The van der Waals surface area contributed by atoms with E-state index >= 15 is 0 Å². The lowest BCUT2D eigenvalue weighted by Gasteiger charge is -2.50. The Bertz CT molecular complexity index is 1060. The van der Waals surface area contributed by atoms with Crippen LogP contribution in [0.3, 0.4) is 0 Å². The van der Waals surface area contributed by atoms with Crippen LogP contribution in [0, 0.1) is 23.2 Å². The van der Waals surface area contributed by atoms with Crippen LogP contribution in [0.2, 0.25) is 0 Å². The molecule has 182 valence electrons. The van der Waals surface area contributed by atoms with Crippen molar-refractivity contribution in [2.24, 2.45) is 23.2 Å². The molecule has 5 rings (SSSR count). The molecule has 2 aromatic rings. The van der Waals surface area contributed by atoms with Crippen molar-refractivity contribution in [3.8, 4) is 5.75 Å². The van der Waals surface area contributed by atoms with Gasteiger partial charge in [0, 0.05) is 24.4 Å². The first-order valence-electron chi connectivity index (χ1n) is 12.7. The molecule has 2 aliphatic carbocycles. The quantitative estimate of drug-likeness (QED) is 0.471. The molecule has 0 aromatic heterocycles. The molecular weight excluding hydrogens is 426 g/mol. The predicted octanol–water partition coefficient (Wildman–Crippen LogP) is 4.83. The molecule has 34 heavy (non-hydrogen) atoms. The Hall–Kier alpha value is -2.37. The monoisotopic (exact) mass is 463 g/mol. The van der Waals surface area contributed by atoms with E-state index in [9.17, 15) is 9.90 Å². The highest BCUT2D eigenvalue weighted by atomic mass is 16.6. The maximum absolute atomic E-state index is 12.8. The Labute approximate surface area is 202 Å². The summed E-state index contributed by atoms with van der Waals surface area (Å²) in [5, 5.41) is 12.8. The lowest BCUT2D eigenvalue weighted by Crippen LogP contribution is -2.46. The van der Waals surface area contributed by atoms with Crippen LogP contribution >= 0.6 is 0 Å². The van der Waals surface area contributed by atoms with E-state index in [0.29, 0.717) is 19.0 Å². The van der Waals surface area contributed by atoms with Gasteiger partial charge in [-0.25, -0.2) is 0 Å². The zero-order valence-corrected chi connectivity index (χ0v) is 20.4. The Morgan fingerprint density at radius 1 is 1.26 bits per heavy atom. The number of allylic oxidation sites excluding steroid dienone is 1. The standard InChI is InChI=1S/C29H37NO4/c1-19-8-7-13-29(2)15-27-23(14-25(19)29)24(28(32)34-27)17-30(3)16-21(31)18-33-26-12-6-10-20-9-4-5-11-22(20)26/h4-6,9-12,21,23-25,27,31H,1,7-8,13-18H2,2-3H3/t21-,23+,24-,25+,27+,29+/m0/s1. The summed E-state index contributed by atoms with van der Waals surface area (Å²) in [4.78, 5) is 14.9. The number of carbonyl (C=O) groups excluding carboxylic acids is 1. The van der Waals surface area contributed by atoms with Gasteiger partial charge in [-0.3, -0.25) is 4.79 Å². The van der Waals surface area contributed by atoms with Crippen molar-refractivity contribution >= 4 is 16.7 Å². The zero-order chi connectivity index (χ0) is 23.9. The van der Waals surface area contributed by atoms with Crippen molar-refractivity contribution in [3.63, 3.8) is 0 Å². The van der Waals surface area contributed by atoms with Gasteiger partial charge in [-0.15, -0.1) is 0 Å². The highest BCUT2D eigenvalue weighted by molar-refractivity contribution is 5.88. The van der Waals surface area contributed by atoms with Gasteiger partial charge >= 0.3 is 5.97 Å². The largest absolute Gasteiger partial charge is 0.490 e. The number of ether oxygens (including phenoxy) is 2. The van der Waals surface area contributed by atoms with Crippen LogP contribution in [0.5, 0.6) is 5.75 Å². The first kappa shape index (κ1) is 23.4. The maximum Gasteiger partial charge on any atom is 0.310 e. The summed E-state index contributed by atoms with van der Waals surface area (Å²) < 4.78 is 11.9. The van der Waals surface area contributed by atoms with Crippen LogP contribution in [0.15, 0.2) is 54.6 Å². The average molecular weight is 464 g/mol. The third-order valence-electron chi connectivity index (χ3n) is 8.53. The first-order chi connectivity index (χ1) is 16.3. The van der Waals surface area contributed by atoms with E-state index in [1.807, 2.05) is 37.4 Å². The third-order valence-corrected chi connectivity index (χ3v) is 8.53. The van der Waals surface area contributed by atoms with E-state index in [0.717, 1.165) is 35.8 Å². The lowest BCUT2D eigenvalue weighted by molar-refractivity contribution is -0.146. The fourth-order valence-electron chi connectivity index (χ4n) is 6.80. The molecule has 1 saturated heterocycles. The number of aliphatic hydroxyl groups is 1. The third kappa shape index (κ3) is 4.48. The van der Waals surface area contributed by atoms with Gasteiger partial charge in [-0.2, -0.15) is 0 Å². The van der Waals surface area contributed by atoms with Crippen molar-refractivity contribution in [2.45, 2.75) is 51.2 Å². The topological polar surface area (TPSA) is 59.0 Å². The summed E-state index contributed by atoms with van der Waals surface area (Å²) in [6, 6.07) is 14.0. The minimum Gasteiger partial charge on any atom is -0.490 e. The number of rotatable bonds is 7.